The maximum Gasteiger partial charge on any atom is 0.145 e. The number of halogens is 1. The van der Waals surface area contributed by atoms with Gasteiger partial charge in [0.15, 0.2) is 0 Å². The Hall–Kier alpha value is -0.150. The van der Waals surface area contributed by atoms with Gasteiger partial charge in [-0.2, -0.15) is 0 Å². The van der Waals surface area contributed by atoms with E-state index >= 15 is 0 Å². The minimum absolute atomic E-state index is 0.138. The molecule has 0 unspecified atom stereocenters. The molecule has 2 aliphatic carbocycles. The van der Waals surface area contributed by atoms with Crippen molar-refractivity contribution in [1.82, 2.24) is 0 Å². The molecule has 0 aromatic heterocycles. The zero-order valence-electron chi connectivity index (χ0n) is 14.5. The normalized spacial score (nSPS) is 44.2. The van der Waals surface area contributed by atoms with E-state index in [2.05, 4.69) is 43.3 Å². The summed E-state index contributed by atoms with van der Waals surface area (Å²) in [5, 5.41) is 11.0. The first-order chi connectivity index (χ1) is 10.1. The van der Waals surface area contributed by atoms with Crippen LogP contribution < -0.4 is 0 Å². The molecule has 2 aliphatic rings. The third kappa shape index (κ3) is 2.96. The van der Waals surface area contributed by atoms with Crippen molar-refractivity contribution < 1.29 is 9.90 Å². The minimum Gasteiger partial charge on any atom is -0.390 e. The highest BCUT2D eigenvalue weighted by Crippen LogP contribution is 2.64. The van der Waals surface area contributed by atoms with Gasteiger partial charge in [0.2, 0.25) is 0 Å². The number of hydrogen-bond acceptors (Lipinski definition) is 2. The molecule has 126 valence electrons. The van der Waals surface area contributed by atoms with Gasteiger partial charge in [0.1, 0.15) is 6.29 Å². The molecule has 2 nitrogen and oxygen atoms in total. The summed E-state index contributed by atoms with van der Waals surface area (Å²) in [7, 11) is 0. The molecule has 0 spiro atoms. The van der Waals surface area contributed by atoms with E-state index in [-0.39, 0.29) is 16.7 Å². The Kier molecular flexibility index (Phi) is 5.00. The topological polar surface area (TPSA) is 37.3 Å². The van der Waals surface area contributed by atoms with Crippen molar-refractivity contribution in [2.45, 2.75) is 76.6 Å². The maximum absolute atomic E-state index is 11.0. The van der Waals surface area contributed by atoms with Crippen LogP contribution in [-0.2, 0) is 4.79 Å². The zero-order valence-corrected chi connectivity index (χ0v) is 16.1. The van der Waals surface area contributed by atoms with E-state index in [9.17, 15) is 9.90 Å². The molecule has 0 amide bonds. The Morgan fingerprint density at radius 3 is 2.50 bits per heavy atom. The molecule has 0 aromatic rings. The Labute approximate surface area is 143 Å². The molecule has 0 radical (unpaired) electrons. The highest BCUT2D eigenvalue weighted by molar-refractivity contribution is 9.09. The quantitative estimate of drug-likeness (QED) is 0.434. The first-order valence-corrected chi connectivity index (χ1v) is 9.46. The standard InChI is InChI=1S/C19H31BrO2/c1-13(12-21)6-7-15-18(4)10-9-16(20)17(2,3)14(18)8-11-19(15,5)22/h12,14-16,22H,1,6-11H2,2-5H3/t14-,15+,16-,18-,19+/m0/s1. The van der Waals surface area contributed by atoms with Crippen LogP contribution in [-0.4, -0.2) is 21.8 Å². The van der Waals surface area contributed by atoms with Gasteiger partial charge in [0, 0.05) is 4.83 Å². The fourth-order valence-corrected chi connectivity index (χ4v) is 6.07. The largest absolute Gasteiger partial charge is 0.390 e. The molecule has 0 aliphatic heterocycles. The molecular weight excluding hydrogens is 340 g/mol. The first-order valence-electron chi connectivity index (χ1n) is 8.55. The molecule has 0 bridgehead atoms. The van der Waals surface area contributed by atoms with Crippen molar-refractivity contribution in [2.24, 2.45) is 22.7 Å². The van der Waals surface area contributed by atoms with Crippen LogP contribution >= 0.6 is 15.9 Å². The fourth-order valence-electron chi connectivity index (χ4n) is 5.52. The summed E-state index contributed by atoms with van der Waals surface area (Å²) >= 11 is 3.89. The molecule has 22 heavy (non-hydrogen) atoms. The van der Waals surface area contributed by atoms with E-state index in [0.29, 0.717) is 22.7 Å². The van der Waals surface area contributed by atoms with Crippen molar-refractivity contribution >= 4 is 22.2 Å². The number of aliphatic hydroxyl groups is 1. The highest BCUT2D eigenvalue weighted by atomic mass is 79.9. The Bertz CT molecular complexity index is 454. The number of aldehydes is 1. The van der Waals surface area contributed by atoms with Crippen LogP contribution in [0.3, 0.4) is 0 Å². The van der Waals surface area contributed by atoms with E-state index in [4.69, 9.17) is 0 Å². The molecule has 2 saturated carbocycles. The van der Waals surface area contributed by atoms with E-state index in [1.54, 1.807) is 0 Å². The van der Waals surface area contributed by atoms with E-state index in [1.165, 1.54) is 0 Å². The lowest BCUT2D eigenvalue weighted by Gasteiger charge is -2.62. The third-order valence-electron chi connectivity index (χ3n) is 6.84. The molecule has 0 saturated heterocycles. The fraction of sp³-hybridized carbons (Fsp3) is 0.842. The second-order valence-corrected chi connectivity index (χ2v) is 9.75. The van der Waals surface area contributed by atoms with Crippen LogP contribution in [0.2, 0.25) is 0 Å². The summed E-state index contributed by atoms with van der Waals surface area (Å²) in [6.45, 7) is 12.9. The number of rotatable bonds is 4. The van der Waals surface area contributed by atoms with Gasteiger partial charge in [-0.05, 0) is 73.7 Å². The van der Waals surface area contributed by atoms with Gasteiger partial charge in [0.05, 0.1) is 5.60 Å². The van der Waals surface area contributed by atoms with Crippen LogP contribution in [0.4, 0.5) is 0 Å². The van der Waals surface area contributed by atoms with Crippen molar-refractivity contribution in [1.29, 1.82) is 0 Å². The SMILES string of the molecule is C=C(C=O)CC[C@@H]1[C@@]2(C)CC[C@H](Br)C(C)(C)[C@@H]2CC[C@@]1(C)O. The van der Waals surface area contributed by atoms with Gasteiger partial charge < -0.3 is 5.11 Å². The average molecular weight is 371 g/mol. The molecule has 1 N–H and O–H groups in total. The lowest BCUT2D eigenvalue weighted by atomic mass is 9.45. The van der Waals surface area contributed by atoms with Gasteiger partial charge >= 0.3 is 0 Å². The van der Waals surface area contributed by atoms with Gasteiger partial charge in [-0.25, -0.2) is 0 Å². The smallest absolute Gasteiger partial charge is 0.145 e. The summed E-state index contributed by atoms with van der Waals surface area (Å²) < 4.78 is 0. The number of carbonyl (C=O) groups excluding carboxylic acids is 1. The summed E-state index contributed by atoms with van der Waals surface area (Å²) in [6, 6.07) is 0. The zero-order chi connectivity index (χ0) is 16.8. The molecule has 0 heterocycles. The third-order valence-corrected chi connectivity index (χ3v) is 8.48. The second-order valence-electron chi connectivity index (χ2n) is 8.65. The molecule has 2 fully saturated rings. The average Bonchev–Trinajstić information content (AvgIpc) is 2.41. The van der Waals surface area contributed by atoms with Crippen molar-refractivity contribution in [3.63, 3.8) is 0 Å². The van der Waals surface area contributed by atoms with Gasteiger partial charge in [-0.1, -0.05) is 43.3 Å². The monoisotopic (exact) mass is 370 g/mol. The van der Waals surface area contributed by atoms with Gasteiger partial charge in [0.25, 0.3) is 0 Å². The number of allylic oxidation sites excluding steroid dienone is 1. The first kappa shape index (κ1) is 18.2. The lowest BCUT2D eigenvalue weighted by molar-refractivity contribution is -0.166. The summed E-state index contributed by atoms with van der Waals surface area (Å²) in [5.41, 5.74) is 0.390. The predicted molar refractivity (Wildman–Crippen MR) is 95.1 cm³/mol. The number of hydrogen-bond donors (Lipinski definition) is 1. The van der Waals surface area contributed by atoms with Crippen molar-refractivity contribution in [3.05, 3.63) is 12.2 Å². The lowest BCUT2D eigenvalue weighted by Crippen LogP contribution is -2.59. The molecule has 3 heteroatoms. The minimum atomic E-state index is -0.635. The summed E-state index contributed by atoms with van der Waals surface area (Å²) in [5.74, 6) is 0.836. The Morgan fingerprint density at radius 2 is 1.91 bits per heavy atom. The van der Waals surface area contributed by atoms with Crippen LogP contribution in [0.5, 0.6) is 0 Å². The van der Waals surface area contributed by atoms with Crippen LogP contribution in [0.15, 0.2) is 12.2 Å². The maximum atomic E-state index is 11.0. The van der Waals surface area contributed by atoms with Crippen molar-refractivity contribution in [3.8, 4) is 0 Å². The second kappa shape index (κ2) is 6.05. The number of fused-ring (bicyclic) bond motifs is 1. The van der Waals surface area contributed by atoms with Gasteiger partial charge in [-0.15, -0.1) is 0 Å². The van der Waals surface area contributed by atoms with Crippen LogP contribution in [0, 0.1) is 22.7 Å². The van der Waals surface area contributed by atoms with E-state index < -0.39 is 5.60 Å². The van der Waals surface area contributed by atoms with E-state index in [1.807, 2.05) is 6.92 Å². The summed E-state index contributed by atoms with van der Waals surface area (Å²) in [6.07, 6.45) is 6.66. The van der Waals surface area contributed by atoms with Crippen LogP contribution in [0.1, 0.15) is 66.2 Å². The number of carbonyl (C=O) groups is 1. The molecule has 5 atom stereocenters. The summed E-state index contributed by atoms with van der Waals surface area (Å²) in [4.78, 5) is 11.4. The van der Waals surface area contributed by atoms with Crippen LogP contribution in [0.25, 0.3) is 0 Å². The molecule has 0 aromatic carbocycles. The van der Waals surface area contributed by atoms with E-state index in [0.717, 1.165) is 38.4 Å². The molecular formula is C19H31BrO2. The number of alkyl halides is 1. The Morgan fingerprint density at radius 1 is 1.27 bits per heavy atom. The predicted octanol–water partition coefficient (Wildman–Crippen LogP) is 4.89. The Balaban J connectivity index is 2.31. The van der Waals surface area contributed by atoms with Crippen molar-refractivity contribution in [2.75, 3.05) is 0 Å². The van der Waals surface area contributed by atoms with Gasteiger partial charge in [-0.3, -0.25) is 4.79 Å². The highest BCUT2D eigenvalue weighted by Gasteiger charge is 2.59. The molecule has 2 rings (SSSR count).